The molecule has 2 aromatic carbocycles. The number of halogens is 2. The monoisotopic (exact) mass is 352 g/mol. The molecule has 0 heterocycles. The summed E-state index contributed by atoms with van der Waals surface area (Å²) in [6.45, 7) is 0.206. The van der Waals surface area contributed by atoms with E-state index in [-0.39, 0.29) is 12.1 Å². The molecule has 0 saturated carbocycles. The summed E-state index contributed by atoms with van der Waals surface area (Å²) in [5.41, 5.74) is 7.32. The quantitative estimate of drug-likeness (QED) is 0.652. The molecule has 0 bridgehead atoms. The normalized spacial score (nSPS) is 10.2. The second-order valence-corrected chi connectivity index (χ2v) is 5.18. The first-order chi connectivity index (χ1) is 10.0. The standard InChI is InChI=1S/C15H14BrFN2O2/c1-21-15(20)13-10(16)7-6-9(14(13)17)8-19-12-5-3-2-4-11(12)18/h2-7,19H,8,18H2,1H3. The molecule has 3 N–H and O–H groups in total. The number of methoxy groups -OCH3 is 1. The Hall–Kier alpha value is -2.08. The van der Waals surface area contributed by atoms with Crippen LogP contribution in [0.2, 0.25) is 0 Å². The average Bonchev–Trinajstić information content (AvgIpc) is 2.48. The highest BCUT2D eigenvalue weighted by atomic mass is 79.9. The third-order valence-electron chi connectivity index (χ3n) is 2.99. The molecule has 0 aliphatic heterocycles. The fraction of sp³-hybridized carbons (Fsp3) is 0.133. The van der Waals surface area contributed by atoms with Gasteiger partial charge in [0.1, 0.15) is 11.4 Å². The van der Waals surface area contributed by atoms with Crippen LogP contribution < -0.4 is 11.1 Å². The molecule has 0 atom stereocenters. The van der Waals surface area contributed by atoms with Gasteiger partial charge in [-0.25, -0.2) is 9.18 Å². The van der Waals surface area contributed by atoms with Crippen LogP contribution in [-0.2, 0) is 11.3 Å². The average molecular weight is 353 g/mol. The van der Waals surface area contributed by atoms with Gasteiger partial charge in [-0.15, -0.1) is 0 Å². The van der Waals surface area contributed by atoms with E-state index >= 15 is 0 Å². The number of hydrogen-bond acceptors (Lipinski definition) is 4. The van der Waals surface area contributed by atoms with Gasteiger partial charge in [0.2, 0.25) is 0 Å². The summed E-state index contributed by atoms with van der Waals surface area (Å²) in [5, 5.41) is 3.04. The molecule has 0 fully saturated rings. The molecule has 21 heavy (non-hydrogen) atoms. The number of nitrogens with one attached hydrogen (secondary N) is 1. The molecule has 0 aliphatic rings. The van der Waals surface area contributed by atoms with Gasteiger partial charge in [0.05, 0.1) is 18.5 Å². The van der Waals surface area contributed by atoms with Gasteiger partial charge in [-0.1, -0.05) is 18.2 Å². The second kappa shape index (κ2) is 6.58. The van der Waals surface area contributed by atoms with Gasteiger partial charge in [-0.05, 0) is 34.1 Å². The lowest BCUT2D eigenvalue weighted by Gasteiger charge is -2.12. The first kappa shape index (κ1) is 15.3. The molecule has 110 valence electrons. The number of ether oxygens (including phenoxy) is 1. The lowest BCUT2D eigenvalue weighted by molar-refractivity contribution is 0.0594. The number of hydrogen-bond donors (Lipinski definition) is 2. The van der Waals surface area contributed by atoms with Crippen LogP contribution in [0, 0.1) is 5.82 Å². The third kappa shape index (κ3) is 3.33. The van der Waals surface area contributed by atoms with E-state index in [0.717, 1.165) is 0 Å². The first-order valence-corrected chi connectivity index (χ1v) is 6.97. The highest BCUT2D eigenvalue weighted by Crippen LogP contribution is 2.25. The second-order valence-electron chi connectivity index (χ2n) is 4.33. The Bertz CT molecular complexity index is 677. The van der Waals surface area contributed by atoms with Crippen LogP contribution in [0.4, 0.5) is 15.8 Å². The fourth-order valence-electron chi connectivity index (χ4n) is 1.87. The predicted molar refractivity (Wildman–Crippen MR) is 83.6 cm³/mol. The van der Waals surface area contributed by atoms with Crippen molar-refractivity contribution in [1.82, 2.24) is 0 Å². The number of carbonyl (C=O) groups is 1. The Balaban J connectivity index is 2.25. The van der Waals surface area contributed by atoms with Crippen molar-refractivity contribution in [3.8, 4) is 0 Å². The number of benzene rings is 2. The minimum atomic E-state index is -0.722. The van der Waals surface area contributed by atoms with Crippen LogP contribution in [-0.4, -0.2) is 13.1 Å². The summed E-state index contributed by atoms with van der Waals surface area (Å²) in [6.07, 6.45) is 0. The summed E-state index contributed by atoms with van der Waals surface area (Å²) in [5.74, 6) is -1.33. The zero-order chi connectivity index (χ0) is 15.4. The Kier molecular flexibility index (Phi) is 4.80. The van der Waals surface area contributed by atoms with Crippen molar-refractivity contribution in [1.29, 1.82) is 0 Å². The van der Waals surface area contributed by atoms with Crippen molar-refractivity contribution in [3.63, 3.8) is 0 Å². The number of nitrogen functional groups attached to an aromatic ring is 1. The van der Waals surface area contributed by atoms with E-state index in [1.807, 2.05) is 12.1 Å². The van der Waals surface area contributed by atoms with E-state index in [1.165, 1.54) is 7.11 Å². The molecule has 0 radical (unpaired) electrons. The van der Waals surface area contributed by atoms with Gasteiger partial charge in [0.25, 0.3) is 0 Å². The molecule has 0 amide bonds. The lowest BCUT2D eigenvalue weighted by atomic mass is 10.1. The molecular formula is C15H14BrFN2O2. The number of esters is 1. The Morgan fingerprint density at radius 2 is 2.05 bits per heavy atom. The molecule has 0 spiro atoms. The Labute approximate surface area is 130 Å². The largest absolute Gasteiger partial charge is 0.465 e. The van der Waals surface area contributed by atoms with Gasteiger partial charge >= 0.3 is 5.97 Å². The topological polar surface area (TPSA) is 64.3 Å². The molecule has 0 unspecified atom stereocenters. The van der Waals surface area contributed by atoms with Crippen LogP contribution in [0.5, 0.6) is 0 Å². The minimum absolute atomic E-state index is 0.113. The molecule has 2 aromatic rings. The van der Waals surface area contributed by atoms with Gasteiger partial charge in [0, 0.05) is 16.6 Å². The molecule has 4 nitrogen and oxygen atoms in total. The summed E-state index contributed by atoms with van der Waals surface area (Å²) in [4.78, 5) is 11.6. The molecule has 0 saturated heterocycles. The van der Waals surface area contributed by atoms with Crippen molar-refractivity contribution in [2.75, 3.05) is 18.2 Å². The van der Waals surface area contributed by atoms with Crippen LogP contribution in [0.1, 0.15) is 15.9 Å². The number of nitrogens with two attached hydrogens (primary N) is 1. The maximum Gasteiger partial charge on any atom is 0.342 e. The predicted octanol–water partition coefficient (Wildman–Crippen LogP) is 3.57. The van der Waals surface area contributed by atoms with E-state index in [1.54, 1.807) is 24.3 Å². The molecule has 6 heteroatoms. The molecule has 0 aromatic heterocycles. The van der Waals surface area contributed by atoms with Crippen molar-refractivity contribution in [2.45, 2.75) is 6.54 Å². The highest BCUT2D eigenvalue weighted by molar-refractivity contribution is 9.10. The summed E-state index contributed by atoms with van der Waals surface area (Å²) in [7, 11) is 1.21. The number of anilines is 2. The molecular weight excluding hydrogens is 339 g/mol. The van der Waals surface area contributed by atoms with Gasteiger partial charge in [-0.2, -0.15) is 0 Å². The molecule has 2 rings (SSSR count). The summed E-state index contributed by atoms with van der Waals surface area (Å²) in [6, 6.07) is 10.4. The van der Waals surface area contributed by atoms with Crippen molar-refractivity contribution in [3.05, 3.63) is 57.8 Å². The number of para-hydroxylation sites is 2. The third-order valence-corrected chi connectivity index (χ3v) is 3.65. The van der Waals surface area contributed by atoms with Gasteiger partial charge < -0.3 is 15.8 Å². The Morgan fingerprint density at radius 3 is 2.71 bits per heavy atom. The van der Waals surface area contributed by atoms with E-state index in [0.29, 0.717) is 21.4 Å². The molecule has 0 aliphatic carbocycles. The maximum atomic E-state index is 14.4. The van der Waals surface area contributed by atoms with Crippen LogP contribution in [0.15, 0.2) is 40.9 Å². The van der Waals surface area contributed by atoms with E-state index < -0.39 is 11.8 Å². The number of rotatable bonds is 4. The van der Waals surface area contributed by atoms with E-state index in [2.05, 4.69) is 26.0 Å². The van der Waals surface area contributed by atoms with Crippen LogP contribution in [0.25, 0.3) is 0 Å². The fourth-order valence-corrected chi connectivity index (χ4v) is 2.34. The van der Waals surface area contributed by atoms with Crippen molar-refractivity contribution < 1.29 is 13.9 Å². The maximum absolute atomic E-state index is 14.4. The SMILES string of the molecule is COC(=O)c1c(Br)ccc(CNc2ccccc2N)c1F. The van der Waals surface area contributed by atoms with E-state index in [9.17, 15) is 9.18 Å². The van der Waals surface area contributed by atoms with Crippen LogP contribution >= 0.6 is 15.9 Å². The van der Waals surface area contributed by atoms with Crippen molar-refractivity contribution >= 4 is 33.3 Å². The first-order valence-electron chi connectivity index (χ1n) is 6.18. The lowest BCUT2D eigenvalue weighted by Crippen LogP contribution is -2.10. The minimum Gasteiger partial charge on any atom is -0.465 e. The van der Waals surface area contributed by atoms with Gasteiger partial charge in [-0.3, -0.25) is 0 Å². The van der Waals surface area contributed by atoms with Crippen molar-refractivity contribution in [2.24, 2.45) is 0 Å². The zero-order valence-corrected chi connectivity index (χ0v) is 12.9. The van der Waals surface area contributed by atoms with Gasteiger partial charge in [0.15, 0.2) is 0 Å². The van der Waals surface area contributed by atoms with Crippen LogP contribution in [0.3, 0.4) is 0 Å². The highest BCUT2D eigenvalue weighted by Gasteiger charge is 2.19. The number of carbonyl (C=O) groups excluding carboxylic acids is 1. The summed E-state index contributed by atoms with van der Waals surface area (Å²) < 4.78 is 19.3. The zero-order valence-electron chi connectivity index (χ0n) is 11.3. The Morgan fingerprint density at radius 1 is 1.33 bits per heavy atom. The summed E-state index contributed by atoms with van der Waals surface area (Å²) >= 11 is 3.15. The van der Waals surface area contributed by atoms with E-state index in [4.69, 9.17) is 5.73 Å². The smallest absolute Gasteiger partial charge is 0.342 e.